The second kappa shape index (κ2) is 6.06. The molecule has 0 radical (unpaired) electrons. The highest BCUT2D eigenvalue weighted by Crippen LogP contribution is 2.31. The van der Waals surface area contributed by atoms with Crippen molar-refractivity contribution in [1.82, 2.24) is 4.90 Å². The lowest BCUT2D eigenvalue weighted by molar-refractivity contribution is 0.276. The van der Waals surface area contributed by atoms with Crippen LogP contribution in [0.2, 0.25) is 0 Å². The zero-order valence-electron chi connectivity index (χ0n) is 12.1. The summed E-state index contributed by atoms with van der Waals surface area (Å²) in [7, 11) is 1.65. The predicted octanol–water partition coefficient (Wildman–Crippen LogP) is 2.99. The number of hydrogen-bond acceptors (Lipinski definition) is 4. The molecule has 1 aromatic rings. The van der Waals surface area contributed by atoms with Crippen molar-refractivity contribution in [3.8, 4) is 5.75 Å². The fraction of sp³-hybridized carbons (Fsp3) is 0.600. The van der Waals surface area contributed by atoms with E-state index in [4.69, 9.17) is 10.5 Å². The van der Waals surface area contributed by atoms with Crippen LogP contribution in [0.5, 0.6) is 5.75 Å². The zero-order valence-corrected chi connectivity index (χ0v) is 12.9. The van der Waals surface area contributed by atoms with Gasteiger partial charge in [-0.1, -0.05) is 19.9 Å². The largest absolute Gasteiger partial charge is 0.495 e. The lowest BCUT2D eigenvalue weighted by Gasteiger charge is -2.22. The van der Waals surface area contributed by atoms with E-state index in [-0.39, 0.29) is 0 Å². The summed E-state index contributed by atoms with van der Waals surface area (Å²) in [5.41, 5.74) is 7.96. The van der Waals surface area contributed by atoms with E-state index in [1.54, 1.807) is 7.11 Å². The molecule has 2 N–H and O–H groups in total. The number of benzene rings is 1. The lowest BCUT2D eigenvalue weighted by Crippen LogP contribution is -2.26. The Morgan fingerprint density at radius 3 is 2.84 bits per heavy atom. The molecule has 0 saturated carbocycles. The molecule has 0 amide bonds. The van der Waals surface area contributed by atoms with E-state index in [0.29, 0.717) is 4.75 Å². The summed E-state index contributed by atoms with van der Waals surface area (Å²) in [4.78, 5) is 2.52. The molecule has 0 atom stereocenters. The molecule has 0 aliphatic carbocycles. The molecule has 1 aromatic carbocycles. The number of nitrogen functional groups attached to an aromatic ring is 1. The number of ether oxygens (including phenoxy) is 1. The topological polar surface area (TPSA) is 38.5 Å². The van der Waals surface area contributed by atoms with E-state index in [2.05, 4.69) is 36.6 Å². The van der Waals surface area contributed by atoms with E-state index in [1.807, 2.05) is 12.1 Å². The number of nitrogens with two attached hydrogens (primary N) is 1. The number of methoxy groups -OCH3 is 1. The van der Waals surface area contributed by atoms with Crippen molar-refractivity contribution < 1.29 is 4.74 Å². The van der Waals surface area contributed by atoms with Crippen LogP contribution in [-0.2, 0) is 6.54 Å². The molecule has 1 aliphatic heterocycles. The number of thioether (sulfide) groups is 1. The van der Waals surface area contributed by atoms with Crippen LogP contribution >= 0.6 is 11.8 Å². The molecule has 1 heterocycles. The van der Waals surface area contributed by atoms with Gasteiger partial charge in [-0.15, -0.1) is 0 Å². The molecular formula is C15H24N2OS. The highest BCUT2D eigenvalue weighted by atomic mass is 32.2. The van der Waals surface area contributed by atoms with Crippen molar-refractivity contribution in [2.24, 2.45) is 0 Å². The Labute approximate surface area is 120 Å². The monoisotopic (exact) mass is 280 g/mol. The van der Waals surface area contributed by atoms with Crippen molar-refractivity contribution in [2.45, 2.75) is 31.6 Å². The first kappa shape index (κ1) is 14.5. The van der Waals surface area contributed by atoms with Gasteiger partial charge in [-0.25, -0.2) is 0 Å². The highest BCUT2D eigenvalue weighted by Gasteiger charge is 2.23. The van der Waals surface area contributed by atoms with Crippen LogP contribution in [0.3, 0.4) is 0 Å². The summed E-state index contributed by atoms with van der Waals surface area (Å²) in [6.07, 6.45) is 1.24. The van der Waals surface area contributed by atoms with Crippen LogP contribution < -0.4 is 10.5 Å². The molecule has 1 saturated heterocycles. The summed E-state index contributed by atoms with van der Waals surface area (Å²) < 4.78 is 5.61. The minimum Gasteiger partial charge on any atom is -0.495 e. The molecule has 0 bridgehead atoms. The fourth-order valence-corrected chi connectivity index (χ4v) is 3.50. The highest BCUT2D eigenvalue weighted by molar-refractivity contribution is 8.00. The third-order valence-electron chi connectivity index (χ3n) is 3.63. The van der Waals surface area contributed by atoms with Crippen LogP contribution in [0.15, 0.2) is 18.2 Å². The third-order valence-corrected chi connectivity index (χ3v) is 5.00. The first-order valence-electron chi connectivity index (χ1n) is 6.79. The van der Waals surface area contributed by atoms with Crippen LogP contribution in [0, 0.1) is 0 Å². The van der Waals surface area contributed by atoms with Gasteiger partial charge < -0.3 is 10.5 Å². The van der Waals surface area contributed by atoms with Gasteiger partial charge in [0.25, 0.3) is 0 Å². The maximum atomic E-state index is 5.96. The second-order valence-electron chi connectivity index (χ2n) is 5.71. The van der Waals surface area contributed by atoms with Gasteiger partial charge in [-0.2, -0.15) is 11.8 Å². The summed E-state index contributed by atoms with van der Waals surface area (Å²) in [5.74, 6) is 1.97. The van der Waals surface area contributed by atoms with Gasteiger partial charge in [0.15, 0.2) is 0 Å². The quantitative estimate of drug-likeness (QED) is 0.864. The van der Waals surface area contributed by atoms with Crippen LogP contribution in [-0.4, -0.2) is 35.6 Å². The Kier molecular flexibility index (Phi) is 4.63. The molecule has 0 aromatic heterocycles. The van der Waals surface area contributed by atoms with Gasteiger partial charge in [0.1, 0.15) is 5.75 Å². The molecule has 19 heavy (non-hydrogen) atoms. The number of anilines is 1. The summed E-state index contributed by atoms with van der Waals surface area (Å²) >= 11 is 2.08. The van der Waals surface area contributed by atoms with Gasteiger partial charge in [-0.3, -0.25) is 4.90 Å². The van der Waals surface area contributed by atoms with Crippen molar-refractivity contribution >= 4 is 17.4 Å². The van der Waals surface area contributed by atoms with Gasteiger partial charge in [0.2, 0.25) is 0 Å². The number of nitrogens with zero attached hydrogens (tertiary/aromatic N) is 1. The normalized spacial score (nSPS) is 19.9. The van der Waals surface area contributed by atoms with Gasteiger partial charge in [0, 0.05) is 23.6 Å². The summed E-state index contributed by atoms with van der Waals surface area (Å²) in [6.45, 7) is 7.97. The fourth-order valence-electron chi connectivity index (χ4n) is 2.36. The molecule has 2 rings (SSSR count). The van der Waals surface area contributed by atoms with E-state index in [0.717, 1.165) is 31.1 Å². The van der Waals surface area contributed by atoms with E-state index in [9.17, 15) is 0 Å². The molecule has 106 valence electrons. The van der Waals surface area contributed by atoms with E-state index in [1.165, 1.54) is 17.7 Å². The molecular weight excluding hydrogens is 256 g/mol. The first-order valence-corrected chi connectivity index (χ1v) is 7.77. The maximum Gasteiger partial charge on any atom is 0.141 e. The van der Waals surface area contributed by atoms with Crippen molar-refractivity contribution in [3.63, 3.8) is 0 Å². The molecule has 0 spiro atoms. The molecule has 1 aliphatic rings. The smallest absolute Gasteiger partial charge is 0.141 e. The average molecular weight is 280 g/mol. The summed E-state index contributed by atoms with van der Waals surface area (Å²) in [5, 5.41) is 0. The number of rotatable bonds is 3. The van der Waals surface area contributed by atoms with E-state index < -0.39 is 0 Å². The lowest BCUT2D eigenvalue weighted by atomic mass is 10.1. The standard InChI is InChI=1S/C15H24N2OS/c1-15(2)6-7-17(8-9-19-15)11-12-4-5-14(18-3)13(16)10-12/h4-5,10H,6-9,11,16H2,1-3H3. The first-order chi connectivity index (χ1) is 9.00. The van der Waals surface area contributed by atoms with Crippen LogP contribution in [0.25, 0.3) is 0 Å². The van der Waals surface area contributed by atoms with Crippen LogP contribution in [0.4, 0.5) is 5.69 Å². The van der Waals surface area contributed by atoms with E-state index >= 15 is 0 Å². The Morgan fingerprint density at radius 2 is 2.16 bits per heavy atom. The van der Waals surface area contributed by atoms with Gasteiger partial charge in [0.05, 0.1) is 12.8 Å². The van der Waals surface area contributed by atoms with Crippen molar-refractivity contribution in [2.75, 3.05) is 31.7 Å². The maximum absolute atomic E-state index is 5.96. The third kappa shape index (κ3) is 4.05. The Hall–Kier alpha value is -0.870. The minimum absolute atomic E-state index is 0.410. The Balaban J connectivity index is 1.99. The number of hydrogen-bond donors (Lipinski definition) is 1. The molecule has 4 heteroatoms. The van der Waals surface area contributed by atoms with Crippen molar-refractivity contribution in [3.05, 3.63) is 23.8 Å². The van der Waals surface area contributed by atoms with Gasteiger partial charge >= 0.3 is 0 Å². The SMILES string of the molecule is COc1ccc(CN2CCSC(C)(C)CC2)cc1N. The van der Waals surface area contributed by atoms with Gasteiger partial charge in [-0.05, 0) is 30.7 Å². The van der Waals surface area contributed by atoms with Crippen molar-refractivity contribution in [1.29, 1.82) is 0 Å². The minimum atomic E-state index is 0.410. The molecule has 0 unspecified atom stereocenters. The molecule has 3 nitrogen and oxygen atoms in total. The Morgan fingerprint density at radius 1 is 1.37 bits per heavy atom. The summed E-state index contributed by atoms with van der Waals surface area (Å²) in [6, 6.07) is 6.10. The molecule has 1 fully saturated rings. The predicted molar refractivity (Wildman–Crippen MR) is 83.8 cm³/mol. The average Bonchev–Trinajstić information content (AvgIpc) is 2.51. The second-order valence-corrected chi connectivity index (χ2v) is 7.51. The Bertz CT molecular complexity index is 434. The van der Waals surface area contributed by atoms with Crippen LogP contribution in [0.1, 0.15) is 25.8 Å². The zero-order chi connectivity index (χ0) is 13.9.